The van der Waals surface area contributed by atoms with Crippen molar-refractivity contribution in [2.24, 2.45) is 11.5 Å². The van der Waals surface area contributed by atoms with Gasteiger partial charge >= 0.3 is 0 Å². The third kappa shape index (κ3) is 4.73. The lowest BCUT2D eigenvalue weighted by Crippen LogP contribution is -2.48. The van der Waals surface area contributed by atoms with Crippen molar-refractivity contribution < 1.29 is 0 Å². The Balaban J connectivity index is 4.02. The van der Waals surface area contributed by atoms with E-state index >= 15 is 0 Å². The van der Waals surface area contributed by atoms with Crippen LogP contribution < -0.4 is 11.5 Å². The van der Waals surface area contributed by atoms with Gasteiger partial charge in [-0.15, -0.1) is 0 Å². The molecule has 0 aliphatic heterocycles. The Kier molecular flexibility index (Phi) is 3.97. The van der Waals surface area contributed by atoms with Crippen LogP contribution in [0.4, 0.5) is 0 Å². The minimum absolute atomic E-state index is 0.906. The van der Waals surface area contributed by atoms with Crippen LogP contribution in [-0.4, -0.2) is 28.5 Å². The molecular formula is C7H22N2Si2. The highest BCUT2D eigenvalue weighted by Crippen LogP contribution is 2.17. The summed E-state index contributed by atoms with van der Waals surface area (Å²) in [7, 11) is -2.15. The van der Waals surface area contributed by atoms with Gasteiger partial charge in [0.15, 0.2) is 0 Å². The molecule has 0 aromatic heterocycles. The highest BCUT2D eigenvalue weighted by atomic mass is 28.4. The van der Waals surface area contributed by atoms with Gasteiger partial charge < -0.3 is 11.5 Å². The van der Waals surface area contributed by atoms with Crippen LogP contribution in [0.2, 0.25) is 31.9 Å². The van der Waals surface area contributed by atoms with E-state index in [0.717, 1.165) is 12.3 Å². The molecule has 4 heteroatoms. The van der Waals surface area contributed by atoms with Crippen LogP contribution in [0.5, 0.6) is 0 Å². The Hall–Kier alpha value is 0.354. The van der Waals surface area contributed by atoms with Gasteiger partial charge in [-0.2, -0.15) is 0 Å². The van der Waals surface area contributed by atoms with Gasteiger partial charge in [0.25, 0.3) is 0 Å². The fourth-order valence-corrected chi connectivity index (χ4v) is 13.0. The Morgan fingerprint density at radius 1 is 0.818 bits per heavy atom. The van der Waals surface area contributed by atoms with Gasteiger partial charge in [-0.05, 0) is 12.3 Å². The maximum atomic E-state index is 5.71. The first-order valence-electron chi connectivity index (χ1n) is 4.23. The molecule has 4 N–H and O–H groups in total. The molecule has 0 aromatic rings. The lowest BCUT2D eigenvalue weighted by atomic mass is 11.5. The molecule has 0 amide bonds. The molecule has 0 aromatic carbocycles. The minimum Gasteiger partial charge on any atom is -0.333 e. The fraction of sp³-hybridized carbons (Fsp3) is 1.00. The molecule has 0 bridgehead atoms. The highest BCUT2D eigenvalue weighted by Gasteiger charge is 2.29. The number of nitrogens with two attached hydrogens (primary N) is 2. The van der Waals surface area contributed by atoms with Gasteiger partial charge in [0, 0.05) is 0 Å². The summed E-state index contributed by atoms with van der Waals surface area (Å²) in [4.78, 5) is 0. The molecule has 0 heterocycles. The van der Waals surface area contributed by atoms with Gasteiger partial charge in [-0.3, -0.25) is 0 Å². The summed E-state index contributed by atoms with van der Waals surface area (Å²) in [5.41, 5.74) is 12.8. The Labute approximate surface area is 72.4 Å². The molecule has 0 radical (unpaired) electrons. The molecule has 0 unspecified atom stereocenters. The monoisotopic (exact) mass is 190 g/mol. The van der Waals surface area contributed by atoms with E-state index in [-0.39, 0.29) is 0 Å². The van der Waals surface area contributed by atoms with Crippen molar-refractivity contribution in [1.82, 2.24) is 0 Å². The summed E-state index contributed by atoms with van der Waals surface area (Å²) < 4.78 is 0. The molecule has 0 aliphatic rings. The zero-order valence-electron chi connectivity index (χ0n) is 8.28. The van der Waals surface area contributed by atoms with Crippen molar-refractivity contribution in [2.75, 3.05) is 12.3 Å². The van der Waals surface area contributed by atoms with E-state index in [1.54, 1.807) is 0 Å². The molecule has 0 spiro atoms. The van der Waals surface area contributed by atoms with Crippen LogP contribution in [0.25, 0.3) is 0 Å². The Morgan fingerprint density at radius 3 is 1.27 bits per heavy atom. The zero-order valence-corrected chi connectivity index (χ0v) is 10.3. The summed E-state index contributed by atoms with van der Waals surface area (Å²) >= 11 is 0. The number of hydrogen-bond donors (Lipinski definition) is 2. The zero-order chi connectivity index (χ0) is 9.12. The van der Waals surface area contributed by atoms with Crippen LogP contribution in [-0.2, 0) is 0 Å². The third-order valence-corrected chi connectivity index (χ3v) is 11.9. The normalized spacial score (nSPS) is 13.6. The van der Waals surface area contributed by atoms with Gasteiger partial charge in [0.1, 0.15) is 0 Å². The van der Waals surface area contributed by atoms with E-state index in [2.05, 4.69) is 26.2 Å². The molecule has 11 heavy (non-hydrogen) atoms. The minimum atomic E-state index is -1.07. The SMILES string of the molecule is C[Si](C)(CN)C[Si](C)(C)CN. The average molecular weight is 190 g/mol. The van der Waals surface area contributed by atoms with E-state index in [0.29, 0.717) is 0 Å². The molecule has 0 atom stereocenters. The van der Waals surface area contributed by atoms with Crippen LogP contribution in [0, 0.1) is 0 Å². The first-order valence-corrected chi connectivity index (χ1v) is 11.1. The van der Waals surface area contributed by atoms with Crippen LogP contribution in [0.1, 0.15) is 0 Å². The lowest BCUT2D eigenvalue weighted by Gasteiger charge is -2.29. The van der Waals surface area contributed by atoms with Gasteiger partial charge in [0.05, 0.1) is 16.1 Å². The van der Waals surface area contributed by atoms with Crippen molar-refractivity contribution in [3.8, 4) is 0 Å². The van der Waals surface area contributed by atoms with Crippen LogP contribution >= 0.6 is 0 Å². The standard InChI is InChI=1S/C7H22N2Si2/c1-10(2,5-8)7-11(3,4)6-9/h5-9H2,1-4H3. The van der Waals surface area contributed by atoms with Crippen molar-refractivity contribution in [2.45, 2.75) is 31.9 Å². The fourth-order valence-electron chi connectivity index (χ4n) is 1.44. The summed E-state index contributed by atoms with van der Waals surface area (Å²) in [5, 5.41) is 0. The van der Waals surface area contributed by atoms with Gasteiger partial charge in [0.2, 0.25) is 0 Å². The largest absolute Gasteiger partial charge is 0.333 e. The summed E-state index contributed by atoms with van der Waals surface area (Å²) in [6.07, 6.45) is 1.81. The number of rotatable bonds is 4. The van der Waals surface area contributed by atoms with Crippen molar-refractivity contribution in [1.29, 1.82) is 0 Å². The molecule has 0 fully saturated rings. The third-order valence-electron chi connectivity index (χ3n) is 2.06. The molecule has 2 nitrogen and oxygen atoms in total. The maximum absolute atomic E-state index is 5.71. The molecule has 0 saturated heterocycles. The number of hydrogen-bond acceptors (Lipinski definition) is 2. The summed E-state index contributed by atoms with van der Waals surface area (Å²) in [6, 6.07) is 0. The maximum Gasteiger partial charge on any atom is 0.0597 e. The van der Waals surface area contributed by atoms with Crippen molar-refractivity contribution in [3.05, 3.63) is 0 Å². The van der Waals surface area contributed by atoms with E-state index in [4.69, 9.17) is 11.5 Å². The van der Waals surface area contributed by atoms with Crippen molar-refractivity contribution in [3.63, 3.8) is 0 Å². The van der Waals surface area contributed by atoms with E-state index in [1.165, 1.54) is 5.67 Å². The summed E-state index contributed by atoms with van der Waals surface area (Å²) in [5.74, 6) is 0. The second-order valence-electron chi connectivity index (χ2n) is 4.91. The van der Waals surface area contributed by atoms with Crippen LogP contribution in [0.15, 0.2) is 0 Å². The topological polar surface area (TPSA) is 52.0 Å². The van der Waals surface area contributed by atoms with Crippen LogP contribution in [0.3, 0.4) is 0 Å². The molecule has 0 saturated carbocycles. The first kappa shape index (κ1) is 11.4. The lowest BCUT2D eigenvalue weighted by molar-refractivity contribution is 1.23. The quantitative estimate of drug-likeness (QED) is 0.648. The second-order valence-corrected chi connectivity index (χ2v) is 15.8. The van der Waals surface area contributed by atoms with E-state index < -0.39 is 16.1 Å². The van der Waals surface area contributed by atoms with Gasteiger partial charge in [-0.25, -0.2) is 0 Å². The Morgan fingerprint density at radius 2 is 1.09 bits per heavy atom. The average Bonchev–Trinajstić information content (AvgIpc) is 1.86. The second kappa shape index (κ2) is 3.84. The molecule has 68 valence electrons. The van der Waals surface area contributed by atoms with E-state index in [9.17, 15) is 0 Å². The molecule has 0 rings (SSSR count). The first-order chi connectivity index (χ1) is 4.83. The predicted octanol–water partition coefficient (Wildman–Crippen LogP) is 0.938. The molecule has 0 aliphatic carbocycles. The van der Waals surface area contributed by atoms with E-state index in [1.807, 2.05) is 0 Å². The predicted molar refractivity (Wildman–Crippen MR) is 57.9 cm³/mol. The van der Waals surface area contributed by atoms with Crippen molar-refractivity contribution >= 4 is 16.1 Å². The van der Waals surface area contributed by atoms with Gasteiger partial charge in [-0.1, -0.05) is 31.9 Å². The summed E-state index contributed by atoms with van der Waals surface area (Å²) in [6.45, 7) is 9.43. The molecular weight excluding hydrogens is 168 g/mol. The highest BCUT2D eigenvalue weighted by molar-refractivity contribution is 6.95. The Bertz CT molecular complexity index is 110. The smallest absolute Gasteiger partial charge is 0.0597 e.